The van der Waals surface area contributed by atoms with Crippen LogP contribution in [-0.2, 0) is 4.79 Å². The van der Waals surface area contributed by atoms with Crippen molar-refractivity contribution in [2.75, 3.05) is 13.1 Å². The van der Waals surface area contributed by atoms with Crippen LogP contribution in [0, 0.1) is 17.6 Å². The number of aromatic nitrogens is 1. The van der Waals surface area contributed by atoms with Crippen molar-refractivity contribution in [3.8, 4) is 5.19 Å². The van der Waals surface area contributed by atoms with E-state index < -0.39 is 11.6 Å². The van der Waals surface area contributed by atoms with E-state index >= 15 is 0 Å². The maximum absolute atomic E-state index is 13.7. The van der Waals surface area contributed by atoms with Gasteiger partial charge in [0.2, 0.25) is 5.91 Å². The Labute approximate surface area is 149 Å². The van der Waals surface area contributed by atoms with E-state index in [1.54, 1.807) is 0 Å². The molecule has 3 rings (SSSR count). The number of carbonyl (C=O) groups excluding carboxylic acids is 1. The molecule has 7 heteroatoms. The molecule has 0 N–H and O–H groups in total. The molecule has 2 heterocycles. The van der Waals surface area contributed by atoms with Crippen LogP contribution in [0.1, 0.15) is 39.5 Å². The number of hydrogen-bond donors (Lipinski definition) is 0. The smallest absolute Gasteiger partial charge is 0.274 e. The summed E-state index contributed by atoms with van der Waals surface area (Å²) in [6, 6.07) is 2.09. The molecule has 1 amide bonds. The zero-order valence-electron chi connectivity index (χ0n) is 14.4. The van der Waals surface area contributed by atoms with Gasteiger partial charge in [-0.1, -0.05) is 25.2 Å². The van der Waals surface area contributed by atoms with Gasteiger partial charge in [-0.2, -0.15) is 4.98 Å². The summed E-state index contributed by atoms with van der Waals surface area (Å²) < 4.78 is 33.3. The first kappa shape index (κ1) is 18.0. The number of nitrogens with zero attached hydrogens (tertiary/aromatic N) is 2. The van der Waals surface area contributed by atoms with Crippen molar-refractivity contribution in [1.29, 1.82) is 0 Å². The van der Waals surface area contributed by atoms with Crippen LogP contribution >= 0.6 is 11.3 Å². The van der Waals surface area contributed by atoms with E-state index in [0.717, 1.165) is 43.1 Å². The zero-order chi connectivity index (χ0) is 18.0. The van der Waals surface area contributed by atoms with Gasteiger partial charge in [-0.05, 0) is 18.9 Å². The van der Waals surface area contributed by atoms with E-state index in [4.69, 9.17) is 4.74 Å². The Bertz CT molecular complexity index is 753. The largest absolute Gasteiger partial charge is 0.467 e. The molecular formula is C18H22F2N2O2S. The van der Waals surface area contributed by atoms with Crippen molar-refractivity contribution in [1.82, 2.24) is 9.88 Å². The molecule has 0 aliphatic carbocycles. The molecule has 1 aliphatic heterocycles. The number of carbonyl (C=O) groups is 1. The average Bonchev–Trinajstić information content (AvgIpc) is 2.99. The quantitative estimate of drug-likeness (QED) is 0.786. The number of benzene rings is 1. The number of thiazole rings is 1. The minimum absolute atomic E-state index is 0.0563. The summed E-state index contributed by atoms with van der Waals surface area (Å²) in [5.41, 5.74) is 0.141. The van der Waals surface area contributed by atoms with Crippen LogP contribution in [-0.4, -0.2) is 35.0 Å². The van der Waals surface area contributed by atoms with Gasteiger partial charge in [0.25, 0.3) is 5.19 Å². The van der Waals surface area contributed by atoms with Gasteiger partial charge < -0.3 is 9.64 Å². The van der Waals surface area contributed by atoms with Gasteiger partial charge in [0.15, 0.2) is 5.82 Å². The summed E-state index contributed by atoms with van der Waals surface area (Å²) in [6.07, 6.45) is 3.11. The number of rotatable bonds is 5. The molecule has 25 heavy (non-hydrogen) atoms. The Hall–Kier alpha value is -1.76. The Balaban J connectivity index is 1.61. The molecule has 0 unspecified atom stereocenters. The van der Waals surface area contributed by atoms with E-state index in [1.165, 1.54) is 6.07 Å². The van der Waals surface area contributed by atoms with Crippen LogP contribution in [0.5, 0.6) is 5.19 Å². The lowest BCUT2D eigenvalue weighted by Crippen LogP contribution is -2.44. The predicted molar refractivity (Wildman–Crippen MR) is 93.8 cm³/mol. The van der Waals surface area contributed by atoms with E-state index in [2.05, 4.69) is 4.98 Å². The van der Waals surface area contributed by atoms with Gasteiger partial charge in [0, 0.05) is 37.9 Å². The Morgan fingerprint density at radius 1 is 1.32 bits per heavy atom. The fourth-order valence-corrected chi connectivity index (χ4v) is 4.14. The normalized spacial score (nSPS) is 16.0. The summed E-state index contributed by atoms with van der Waals surface area (Å²) in [4.78, 5) is 18.4. The summed E-state index contributed by atoms with van der Waals surface area (Å²) >= 11 is 1.14. The highest BCUT2D eigenvalue weighted by Crippen LogP contribution is 2.32. The van der Waals surface area contributed by atoms with Crippen molar-refractivity contribution in [2.45, 2.75) is 45.6 Å². The zero-order valence-corrected chi connectivity index (χ0v) is 15.2. The number of hydrogen-bond acceptors (Lipinski definition) is 4. The second kappa shape index (κ2) is 7.64. The fraction of sp³-hybridized carbons (Fsp3) is 0.556. The number of amides is 1. The van der Waals surface area contributed by atoms with Crippen LogP contribution in [0.25, 0.3) is 10.2 Å². The molecule has 1 saturated heterocycles. The Morgan fingerprint density at radius 2 is 2.00 bits per heavy atom. The molecule has 0 radical (unpaired) electrons. The molecule has 1 aliphatic rings. The van der Waals surface area contributed by atoms with Crippen molar-refractivity contribution in [3.05, 3.63) is 23.8 Å². The van der Waals surface area contributed by atoms with Crippen LogP contribution in [0.3, 0.4) is 0 Å². The predicted octanol–water partition coefficient (Wildman–Crippen LogP) is 4.38. The second-order valence-corrected chi connectivity index (χ2v) is 7.36. The first-order valence-corrected chi connectivity index (χ1v) is 9.54. The highest BCUT2D eigenvalue weighted by Gasteiger charge is 2.28. The van der Waals surface area contributed by atoms with Gasteiger partial charge in [-0.15, -0.1) is 0 Å². The van der Waals surface area contributed by atoms with Crippen molar-refractivity contribution >= 4 is 27.5 Å². The van der Waals surface area contributed by atoms with Crippen LogP contribution in [0.15, 0.2) is 12.1 Å². The highest BCUT2D eigenvalue weighted by molar-refractivity contribution is 7.20. The molecule has 4 nitrogen and oxygen atoms in total. The maximum Gasteiger partial charge on any atom is 0.274 e. The fourth-order valence-electron chi connectivity index (χ4n) is 3.22. The second-order valence-electron chi connectivity index (χ2n) is 6.37. The molecule has 1 aromatic heterocycles. The van der Waals surface area contributed by atoms with Crippen LogP contribution < -0.4 is 4.74 Å². The molecule has 136 valence electrons. The lowest BCUT2D eigenvalue weighted by Gasteiger charge is -2.33. The molecule has 1 aromatic carbocycles. The number of halogens is 2. The standard InChI is InChI=1S/C18H22F2N2O2S/c1-3-11(4-2)17(23)22-7-5-13(6-8-22)24-18-21-16-14(20)9-12(19)10-15(16)25-18/h9-11,13H,3-8H2,1-2H3. The summed E-state index contributed by atoms with van der Waals surface area (Å²) in [5.74, 6) is -0.972. The average molecular weight is 368 g/mol. The SMILES string of the molecule is CCC(CC)C(=O)N1CCC(Oc2nc3c(F)cc(F)cc3s2)CC1. The van der Waals surface area contributed by atoms with Gasteiger partial charge >= 0.3 is 0 Å². The molecule has 0 atom stereocenters. The monoisotopic (exact) mass is 368 g/mol. The first-order valence-electron chi connectivity index (χ1n) is 8.72. The highest BCUT2D eigenvalue weighted by atomic mass is 32.1. The van der Waals surface area contributed by atoms with Crippen LogP contribution in [0.4, 0.5) is 8.78 Å². The van der Waals surface area contributed by atoms with Gasteiger partial charge in [0.1, 0.15) is 17.4 Å². The van der Waals surface area contributed by atoms with Gasteiger partial charge in [-0.25, -0.2) is 8.78 Å². The maximum atomic E-state index is 13.7. The van der Waals surface area contributed by atoms with Crippen molar-refractivity contribution in [3.63, 3.8) is 0 Å². The molecule has 1 fully saturated rings. The molecule has 0 bridgehead atoms. The third kappa shape index (κ3) is 3.92. The molecule has 0 spiro atoms. The van der Waals surface area contributed by atoms with E-state index in [9.17, 15) is 13.6 Å². The molecule has 0 saturated carbocycles. The van der Waals surface area contributed by atoms with E-state index in [0.29, 0.717) is 23.0 Å². The van der Waals surface area contributed by atoms with Crippen LogP contribution in [0.2, 0.25) is 0 Å². The topological polar surface area (TPSA) is 42.4 Å². The third-order valence-electron chi connectivity index (χ3n) is 4.75. The Morgan fingerprint density at radius 3 is 2.64 bits per heavy atom. The first-order chi connectivity index (χ1) is 12.0. The molecular weight excluding hydrogens is 346 g/mol. The number of ether oxygens (including phenoxy) is 1. The Kier molecular flexibility index (Phi) is 5.51. The minimum Gasteiger partial charge on any atom is -0.467 e. The number of fused-ring (bicyclic) bond motifs is 1. The third-order valence-corrected chi connectivity index (χ3v) is 5.64. The van der Waals surface area contributed by atoms with E-state index in [-0.39, 0.29) is 23.4 Å². The lowest BCUT2D eigenvalue weighted by molar-refractivity contribution is -0.137. The summed E-state index contributed by atoms with van der Waals surface area (Å²) in [6.45, 7) is 5.40. The minimum atomic E-state index is -0.674. The van der Waals surface area contributed by atoms with E-state index in [1.807, 2.05) is 18.7 Å². The van der Waals surface area contributed by atoms with Gasteiger partial charge in [-0.3, -0.25) is 4.79 Å². The van der Waals surface area contributed by atoms with Crippen molar-refractivity contribution < 1.29 is 18.3 Å². The van der Waals surface area contributed by atoms with Gasteiger partial charge in [0.05, 0.1) is 4.70 Å². The summed E-state index contributed by atoms with van der Waals surface area (Å²) in [7, 11) is 0. The lowest BCUT2D eigenvalue weighted by atomic mass is 9.99. The number of likely N-dealkylation sites (tertiary alicyclic amines) is 1. The molecule has 2 aromatic rings. The summed E-state index contributed by atoms with van der Waals surface area (Å²) in [5, 5.41) is 0.351. The van der Waals surface area contributed by atoms with Crippen molar-refractivity contribution in [2.24, 2.45) is 5.92 Å². The number of piperidine rings is 1.